The molecule has 0 aromatic rings. The average Bonchev–Trinajstić information content (AvgIpc) is 3.23. The van der Waals surface area contributed by atoms with Crippen molar-refractivity contribution in [1.29, 1.82) is 0 Å². The van der Waals surface area contributed by atoms with Crippen molar-refractivity contribution in [2.45, 2.75) is 50.9 Å². The van der Waals surface area contributed by atoms with E-state index in [9.17, 15) is 29.1 Å². The summed E-state index contributed by atoms with van der Waals surface area (Å²) in [7, 11) is 3.40. The quantitative estimate of drug-likeness (QED) is 0.404. The van der Waals surface area contributed by atoms with Crippen LogP contribution in [0.1, 0.15) is 33.6 Å². The maximum absolute atomic E-state index is 12.9. The van der Waals surface area contributed by atoms with Crippen molar-refractivity contribution in [2.24, 2.45) is 17.8 Å². The molecule has 3 heterocycles. The molecular weight excluding hydrogens is 422 g/mol. The van der Waals surface area contributed by atoms with Gasteiger partial charge in [0, 0.05) is 50.1 Å². The van der Waals surface area contributed by atoms with Crippen LogP contribution in [0.4, 0.5) is 0 Å². The van der Waals surface area contributed by atoms with Gasteiger partial charge in [0.05, 0.1) is 18.0 Å². The van der Waals surface area contributed by atoms with Crippen LogP contribution in [0.5, 0.6) is 0 Å². The molecule has 2 fully saturated rings. The Labute approximate surface area is 185 Å². The number of aliphatic carboxylic acids is 1. The topological polar surface area (TPSA) is 124 Å². The Balaban J connectivity index is 1.76. The number of rotatable bonds is 8. The second kappa shape index (κ2) is 8.74. The number of likely N-dealkylation sites (N-methyl/N-ethyl adjacent to an activating group) is 1. The van der Waals surface area contributed by atoms with E-state index in [1.54, 1.807) is 21.0 Å². The van der Waals surface area contributed by atoms with Crippen molar-refractivity contribution in [3.05, 3.63) is 10.6 Å². The molecule has 0 aromatic carbocycles. The van der Waals surface area contributed by atoms with Crippen LogP contribution in [-0.4, -0.2) is 82.2 Å². The van der Waals surface area contributed by atoms with Crippen LogP contribution >= 0.6 is 11.8 Å². The zero-order valence-electron chi connectivity index (χ0n) is 18.4. The molecule has 0 aromatic heterocycles. The molecule has 0 bridgehead atoms. The number of hydrogen-bond acceptors (Lipinski definition) is 7. The van der Waals surface area contributed by atoms with E-state index in [-0.39, 0.29) is 53.1 Å². The number of carboxylic acids is 1. The first-order valence-electron chi connectivity index (χ1n) is 10.4. The summed E-state index contributed by atoms with van der Waals surface area (Å²) in [5, 5.41) is 13.0. The molecule has 0 unspecified atom stereocenters. The van der Waals surface area contributed by atoms with Gasteiger partial charge in [0.1, 0.15) is 5.70 Å². The van der Waals surface area contributed by atoms with Crippen LogP contribution in [0.25, 0.3) is 0 Å². The second-order valence-corrected chi connectivity index (χ2v) is 10.2. The van der Waals surface area contributed by atoms with Crippen LogP contribution in [-0.2, 0) is 24.0 Å². The number of ketones is 2. The van der Waals surface area contributed by atoms with E-state index >= 15 is 0 Å². The van der Waals surface area contributed by atoms with Crippen LogP contribution < -0.4 is 5.32 Å². The van der Waals surface area contributed by atoms with Gasteiger partial charge in [0.2, 0.25) is 11.8 Å². The Morgan fingerprint density at radius 2 is 1.94 bits per heavy atom. The summed E-state index contributed by atoms with van der Waals surface area (Å²) in [5.41, 5.74) is 0.0104. The molecule has 31 heavy (non-hydrogen) atoms. The number of nitrogens with one attached hydrogen (secondary N) is 1. The van der Waals surface area contributed by atoms with Gasteiger partial charge in [-0.2, -0.15) is 0 Å². The third-order valence-electron chi connectivity index (χ3n) is 6.43. The van der Waals surface area contributed by atoms with Gasteiger partial charge in [-0.1, -0.05) is 13.8 Å². The minimum Gasteiger partial charge on any atom is -0.477 e. The van der Waals surface area contributed by atoms with E-state index in [2.05, 4.69) is 5.32 Å². The lowest BCUT2D eigenvalue weighted by atomic mass is 9.73. The molecule has 0 aliphatic carbocycles. The molecule has 3 aliphatic heterocycles. The summed E-state index contributed by atoms with van der Waals surface area (Å²) in [6.07, 6.45) is 0.560. The van der Waals surface area contributed by atoms with Gasteiger partial charge in [-0.05, 0) is 12.3 Å². The summed E-state index contributed by atoms with van der Waals surface area (Å²) in [6.45, 7) is 5.45. The third kappa shape index (κ3) is 4.15. The molecule has 2 saturated heterocycles. The Bertz CT molecular complexity index is 869. The number of carboxylic acid groups (broad SMARTS) is 1. The highest BCUT2D eigenvalue weighted by atomic mass is 32.2. The van der Waals surface area contributed by atoms with Crippen molar-refractivity contribution < 1.29 is 29.1 Å². The van der Waals surface area contributed by atoms with Crippen molar-refractivity contribution in [2.75, 3.05) is 20.6 Å². The molecule has 6 atom stereocenters. The van der Waals surface area contributed by atoms with Crippen molar-refractivity contribution in [3.63, 3.8) is 0 Å². The molecule has 0 radical (unpaired) electrons. The smallest absolute Gasteiger partial charge is 0.353 e. The zero-order valence-corrected chi connectivity index (χ0v) is 19.2. The van der Waals surface area contributed by atoms with Crippen LogP contribution in [0.2, 0.25) is 0 Å². The Kier molecular flexibility index (Phi) is 6.61. The predicted octanol–water partition coefficient (Wildman–Crippen LogP) is 0.496. The highest BCUT2D eigenvalue weighted by molar-refractivity contribution is 8.03. The van der Waals surface area contributed by atoms with E-state index in [1.165, 1.54) is 28.5 Å². The number of nitrogens with zero attached hydrogens (tertiary/aromatic N) is 2. The molecule has 3 aliphatic rings. The number of carbonyl (C=O) groups excluding carboxylic acids is 4. The van der Waals surface area contributed by atoms with E-state index < -0.39 is 23.5 Å². The first kappa shape index (κ1) is 23.5. The highest BCUT2D eigenvalue weighted by Gasteiger charge is 2.60. The summed E-state index contributed by atoms with van der Waals surface area (Å²) >= 11 is 1.42. The van der Waals surface area contributed by atoms with E-state index in [0.29, 0.717) is 17.9 Å². The van der Waals surface area contributed by atoms with Crippen molar-refractivity contribution >= 4 is 41.1 Å². The van der Waals surface area contributed by atoms with E-state index in [1.807, 2.05) is 6.92 Å². The summed E-state index contributed by atoms with van der Waals surface area (Å²) in [6, 6.07) is -0.633. The van der Waals surface area contributed by atoms with E-state index in [4.69, 9.17) is 0 Å². The fraction of sp³-hybridized carbons (Fsp3) is 0.667. The van der Waals surface area contributed by atoms with Crippen molar-refractivity contribution in [1.82, 2.24) is 15.1 Å². The largest absolute Gasteiger partial charge is 0.477 e. The Morgan fingerprint density at radius 3 is 2.48 bits per heavy atom. The standard InChI is InChI=1S/C21H29N3O6S/c1-9(6-14(26)11(3)25)15-16-10(2)18(17(21(29)30)24(16)20(15)28)31-12-7-13(22-8-12)19(27)23(4)5/h9-10,12-13,15-16,22H,6-8H2,1-5H3,(H,29,30)/t9-,10+,12-,13-,15+,16+/m0/s1. The first-order valence-corrected chi connectivity index (χ1v) is 11.3. The highest BCUT2D eigenvalue weighted by Crippen LogP contribution is 2.53. The SMILES string of the molecule is CC(=O)C(=O)C[C@H](C)[C@H]1C(=O)N2C(C(=O)O)=C(S[C@@H]3CN[C@H](C(=O)N(C)C)C3)[C@H](C)[C@H]12. The van der Waals surface area contributed by atoms with Gasteiger partial charge in [-0.15, -0.1) is 11.8 Å². The third-order valence-corrected chi connectivity index (χ3v) is 7.94. The lowest BCUT2D eigenvalue weighted by Gasteiger charge is -2.47. The molecule has 3 rings (SSSR count). The van der Waals surface area contributed by atoms with E-state index in [0.717, 1.165) is 0 Å². The molecule has 10 heteroatoms. The van der Waals surface area contributed by atoms with Crippen LogP contribution in [0.3, 0.4) is 0 Å². The van der Waals surface area contributed by atoms with Gasteiger partial charge < -0.3 is 20.2 Å². The molecule has 2 amide bonds. The van der Waals surface area contributed by atoms with Crippen molar-refractivity contribution in [3.8, 4) is 0 Å². The van der Waals surface area contributed by atoms with Gasteiger partial charge >= 0.3 is 5.97 Å². The van der Waals surface area contributed by atoms with Gasteiger partial charge in [-0.25, -0.2) is 4.79 Å². The monoisotopic (exact) mass is 451 g/mol. The lowest BCUT2D eigenvalue weighted by molar-refractivity contribution is -0.160. The number of Topliss-reactive ketones (excluding diaryl/α,β-unsaturated/α-hetero) is 2. The molecule has 170 valence electrons. The van der Waals surface area contributed by atoms with Gasteiger partial charge in [0.25, 0.3) is 0 Å². The minimum absolute atomic E-state index is 0.0104. The number of β-lactam (4-membered cyclic amide) rings is 1. The van der Waals surface area contributed by atoms with Gasteiger partial charge in [-0.3, -0.25) is 19.2 Å². The fourth-order valence-corrected chi connectivity index (χ4v) is 6.28. The van der Waals surface area contributed by atoms with Crippen LogP contribution in [0, 0.1) is 17.8 Å². The average molecular weight is 452 g/mol. The Morgan fingerprint density at radius 1 is 1.29 bits per heavy atom. The number of thioether (sulfide) groups is 1. The first-order chi connectivity index (χ1) is 14.5. The zero-order chi connectivity index (χ0) is 23.2. The Hall–Kier alpha value is -2.20. The molecule has 0 spiro atoms. The molecule has 2 N–H and O–H groups in total. The number of fused-ring (bicyclic) bond motifs is 1. The molecule has 0 saturated carbocycles. The summed E-state index contributed by atoms with van der Waals surface area (Å²) in [4.78, 5) is 63.8. The molecule has 9 nitrogen and oxygen atoms in total. The number of carbonyl (C=O) groups is 5. The summed E-state index contributed by atoms with van der Waals surface area (Å²) < 4.78 is 0. The normalized spacial score (nSPS) is 30.7. The second-order valence-electron chi connectivity index (χ2n) is 8.86. The maximum Gasteiger partial charge on any atom is 0.353 e. The van der Waals surface area contributed by atoms with Gasteiger partial charge in [0.15, 0.2) is 11.6 Å². The number of amides is 2. The number of hydrogen-bond donors (Lipinski definition) is 2. The fourth-order valence-electron chi connectivity index (χ4n) is 4.80. The predicted molar refractivity (Wildman–Crippen MR) is 114 cm³/mol. The lowest BCUT2D eigenvalue weighted by Crippen LogP contribution is -2.62. The summed E-state index contributed by atoms with van der Waals surface area (Å²) in [5.74, 6) is -3.56. The minimum atomic E-state index is -1.15. The molecular formula is C21H29N3O6S. The maximum atomic E-state index is 12.9. The van der Waals surface area contributed by atoms with Crippen LogP contribution in [0.15, 0.2) is 10.6 Å².